The lowest BCUT2D eigenvalue weighted by Gasteiger charge is -2.12. The van der Waals surface area contributed by atoms with Gasteiger partial charge in [-0.25, -0.2) is 4.39 Å². The molecule has 0 aliphatic rings. The third-order valence-electron chi connectivity index (χ3n) is 1.78. The number of ether oxygens (including phenoxy) is 1. The van der Waals surface area contributed by atoms with Gasteiger partial charge in [-0.1, -0.05) is 12.7 Å². The summed E-state index contributed by atoms with van der Waals surface area (Å²) in [6, 6.07) is 4.06. The molecule has 1 aromatic carbocycles. The molecule has 0 bridgehead atoms. The third kappa shape index (κ3) is 2.57. The first kappa shape index (κ1) is 10.7. The second-order valence-corrected chi connectivity index (χ2v) is 2.96. The van der Waals surface area contributed by atoms with Crippen LogP contribution in [0.3, 0.4) is 0 Å². The van der Waals surface area contributed by atoms with Crippen LogP contribution in [-0.4, -0.2) is 11.7 Å². The molecule has 0 amide bonds. The predicted molar refractivity (Wildman–Crippen MR) is 52.7 cm³/mol. The fourth-order valence-electron chi connectivity index (χ4n) is 1.13. The maximum atomic E-state index is 12.8. The number of aliphatic hydroxyl groups excluding tert-OH is 1. The predicted octanol–water partition coefficient (Wildman–Crippen LogP) is 2.44. The second kappa shape index (κ2) is 4.77. The number of aliphatic hydroxyl groups is 1. The summed E-state index contributed by atoms with van der Waals surface area (Å²) in [4.78, 5) is 0. The molecule has 1 atom stereocenters. The van der Waals surface area contributed by atoms with Crippen molar-refractivity contribution in [2.45, 2.75) is 13.0 Å². The highest BCUT2D eigenvalue weighted by Crippen LogP contribution is 2.25. The molecule has 0 aromatic heterocycles. The van der Waals surface area contributed by atoms with Gasteiger partial charge in [0.2, 0.25) is 0 Å². The van der Waals surface area contributed by atoms with Crippen LogP contribution in [0.5, 0.6) is 5.75 Å². The molecule has 0 spiro atoms. The first-order chi connectivity index (χ1) is 6.65. The normalized spacial score (nSPS) is 12.2. The van der Waals surface area contributed by atoms with Crippen molar-refractivity contribution in [2.75, 3.05) is 6.61 Å². The van der Waals surface area contributed by atoms with E-state index in [-0.39, 0.29) is 5.82 Å². The van der Waals surface area contributed by atoms with E-state index in [1.54, 1.807) is 13.0 Å². The fourth-order valence-corrected chi connectivity index (χ4v) is 1.13. The van der Waals surface area contributed by atoms with Gasteiger partial charge >= 0.3 is 0 Å². The number of halogens is 1. The Morgan fingerprint density at radius 1 is 1.64 bits per heavy atom. The minimum Gasteiger partial charge on any atom is -0.489 e. The molecular formula is C11H13FO2. The summed E-state index contributed by atoms with van der Waals surface area (Å²) in [5.41, 5.74) is 0.451. The Morgan fingerprint density at radius 2 is 2.36 bits per heavy atom. The minimum atomic E-state index is -0.745. The first-order valence-corrected chi connectivity index (χ1v) is 4.36. The maximum absolute atomic E-state index is 12.8. The molecule has 1 N–H and O–H groups in total. The van der Waals surface area contributed by atoms with Crippen molar-refractivity contribution in [2.24, 2.45) is 0 Å². The first-order valence-electron chi connectivity index (χ1n) is 4.36. The highest BCUT2D eigenvalue weighted by atomic mass is 19.1. The van der Waals surface area contributed by atoms with Crippen LogP contribution in [0.4, 0.5) is 4.39 Å². The molecule has 0 fully saturated rings. The molecule has 0 saturated heterocycles. The standard InChI is InChI=1S/C11H13FO2/c1-3-6-14-11-5-4-9(12)7-10(11)8(2)13/h3-5,7-8,13H,1,6H2,2H3/t8-/m1/s1. The molecule has 0 heterocycles. The smallest absolute Gasteiger partial charge is 0.125 e. The molecule has 1 aromatic rings. The molecule has 0 saturated carbocycles. The van der Waals surface area contributed by atoms with Gasteiger partial charge in [0.1, 0.15) is 18.2 Å². The van der Waals surface area contributed by atoms with Crippen molar-refractivity contribution in [1.29, 1.82) is 0 Å². The van der Waals surface area contributed by atoms with Gasteiger partial charge in [-0.05, 0) is 25.1 Å². The Bertz CT molecular complexity index is 321. The minimum absolute atomic E-state index is 0.339. The van der Waals surface area contributed by atoms with Crippen LogP contribution < -0.4 is 4.74 Å². The highest BCUT2D eigenvalue weighted by Gasteiger charge is 2.09. The van der Waals surface area contributed by atoms with E-state index < -0.39 is 6.10 Å². The van der Waals surface area contributed by atoms with Crippen LogP contribution >= 0.6 is 0 Å². The molecule has 0 aliphatic carbocycles. The molecule has 1 rings (SSSR count). The SMILES string of the molecule is C=CCOc1ccc(F)cc1[C@@H](C)O. The van der Waals surface area contributed by atoms with Crippen molar-refractivity contribution < 1.29 is 14.2 Å². The van der Waals surface area contributed by atoms with E-state index in [1.165, 1.54) is 18.2 Å². The lowest BCUT2D eigenvalue weighted by atomic mass is 10.1. The average molecular weight is 196 g/mol. The van der Waals surface area contributed by atoms with Gasteiger partial charge in [0, 0.05) is 5.56 Å². The van der Waals surface area contributed by atoms with Gasteiger partial charge in [0.25, 0.3) is 0 Å². The number of hydrogen-bond acceptors (Lipinski definition) is 2. The van der Waals surface area contributed by atoms with Crippen molar-refractivity contribution in [1.82, 2.24) is 0 Å². The number of benzene rings is 1. The van der Waals surface area contributed by atoms with Crippen molar-refractivity contribution >= 4 is 0 Å². The summed E-state index contributed by atoms with van der Waals surface area (Å²) in [6.07, 6.45) is 0.848. The molecule has 0 radical (unpaired) electrons. The summed E-state index contributed by atoms with van der Waals surface area (Å²) >= 11 is 0. The summed E-state index contributed by atoms with van der Waals surface area (Å²) in [7, 11) is 0. The van der Waals surface area contributed by atoms with E-state index in [0.717, 1.165) is 0 Å². The summed E-state index contributed by atoms with van der Waals surface area (Å²) in [5, 5.41) is 9.36. The van der Waals surface area contributed by atoms with Crippen molar-refractivity contribution in [3.05, 3.63) is 42.2 Å². The zero-order valence-electron chi connectivity index (χ0n) is 8.03. The quantitative estimate of drug-likeness (QED) is 0.749. The molecule has 0 unspecified atom stereocenters. The fraction of sp³-hybridized carbons (Fsp3) is 0.273. The molecule has 14 heavy (non-hydrogen) atoms. The number of rotatable bonds is 4. The van der Waals surface area contributed by atoms with Gasteiger partial charge in [-0.2, -0.15) is 0 Å². The van der Waals surface area contributed by atoms with Crippen molar-refractivity contribution in [3.63, 3.8) is 0 Å². The maximum Gasteiger partial charge on any atom is 0.125 e. The molecule has 76 valence electrons. The van der Waals surface area contributed by atoms with E-state index >= 15 is 0 Å². The highest BCUT2D eigenvalue weighted by molar-refractivity contribution is 5.35. The van der Waals surface area contributed by atoms with Crippen LogP contribution in [0.25, 0.3) is 0 Å². The van der Waals surface area contributed by atoms with Crippen LogP contribution in [0.2, 0.25) is 0 Å². The number of hydrogen-bond donors (Lipinski definition) is 1. The van der Waals surface area contributed by atoms with Crippen LogP contribution in [0.15, 0.2) is 30.9 Å². The Labute approximate surface area is 82.6 Å². The Balaban J connectivity index is 2.95. The van der Waals surface area contributed by atoms with E-state index in [1.807, 2.05) is 0 Å². The van der Waals surface area contributed by atoms with Crippen molar-refractivity contribution in [3.8, 4) is 5.75 Å². The van der Waals surface area contributed by atoms with Crippen LogP contribution in [0.1, 0.15) is 18.6 Å². The molecular weight excluding hydrogens is 183 g/mol. The molecule has 3 heteroatoms. The zero-order chi connectivity index (χ0) is 10.6. The lowest BCUT2D eigenvalue weighted by Crippen LogP contribution is -2.00. The van der Waals surface area contributed by atoms with Gasteiger partial charge in [-0.15, -0.1) is 0 Å². The summed E-state index contributed by atoms with van der Waals surface area (Å²) in [5.74, 6) is 0.105. The Morgan fingerprint density at radius 3 is 2.93 bits per heavy atom. The summed E-state index contributed by atoms with van der Waals surface area (Å²) in [6.45, 7) is 5.41. The van der Waals surface area contributed by atoms with Gasteiger partial charge in [0.15, 0.2) is 0 Å². The second-order valence-electron chi connectivity index (χ2n) is 2.96. The molecule has 0 aliphatic heterocycles. The van der Waals surface area contributed by atoms with Gasteiger partial charge in [-0.3, -0.25) is 0 Å². The largest absolute Gasteiger partial charge is 0.489 e. The van der Waals surface area contributed by atoms with E-state index in [4.69, 9.17) is 4.74 Å². The monoisotopic (exact) mass is 196 g/mol. The Hall–Kier alpha value is -1.35. The lowest BCUT2D eigenvalue weighted by molar-refractivity contribution is 0.192. The van der Waals surface area contributed by atoms with E-state index in [9.17, 15) is 9.50 Å². The van der Waals surface area contributed by atoms with Gasteiger partial charge < -0.3 is 9.84 Å². The summed E-state index contributed by atoms with van der Waals surface area (Å²) < 4.78 is 18.1. The third-order valence-corrected chi connectivity index (χ3v) is 1.78. The van der Waals surface area contributed by atoms with Gasteiger partial charge in [0.05, 0.1) is 6.10 Å². The van der Waals surface area contributed by atoms with Crippen LogP contribution in [-0.2, 0) is 0 Å². The zero-order valence-corrected chi connectivity index (χ0v) is 8.03. The van der Waals surface area contributed by atoms with E-state index in [0.29, 0.717) is 17.9 Å². The Kier molecular flexibility index (Phi) is 3.65. The molecule has 2 nitrogen and oxygen atoms in total. The van der Waals surface area contributed by atoms with Crippen LogP contribution in [0, 0.1) is 5.82 Å². The average Bonchev–Trinajstić information content (AvgIpc) is 2.15. The van der Waals surface area contributed by atoms with E-state index in [2.05, 4.69) is 6.58 Å². The topological polar surface area (TPSA) is 29.5 Å².